The Balaban J connectivity index is 4.86. The fourth-order valence-corrected chi connectivity index (χ4v) is 2.42. The number of nitrogens with one attached hydrogen (secondary N) is 2. The van der Waals surface area contributed by atoms with Gasteiger partial charge >= 0.3 is 5.97 Å². The van der Waals surface area contributed by atoms with Crippen LogP contribution in [0.1, 0.15) is 40.5 Å². The van der Waals surface area contributed by atoms with Crippen LogP contribution >= 0.6 is 0 Å². The van der Waals surface area contributed by atoms with Crippen LogP contribution in [0, 0.1) is 11.3 Å². The minimum atomic E-state index is -3.52. The highest BCUT2D eigenvalue weighted by Gasteiger charge is 2.33. The normalized spacial score (nSPS) is 16.3. The van der Waals surface area contributed by atoms with E-state index in [0.717, 1.165) is 6.26 Å². The Morgan fingerprint density at radius 3 is 2.14 bits per heavy atom. The molecule has 3 N–H and O–H groups in total. The first-order valence-electron chi connectivity index (χ1n) is 6.89. The van der Waals surface area contributed by atoms with Crippen LogP contribution in [-0.4, -0.2) is 44.2 Å². The second kappa shape index (κ2) is 7.74. The molecule has 0 aliphatic carbocycles. The summed E-state index contributed by atoms with van der Waals surface area (Å²) in [6.07, 6.45) is 1.69. The summed E-state index contributed by atoms with van der Waals surface area (Å²) < 4.78 is 24.9. The summed E-state index contributed by atoms with van der Waals surface area (Å²) in [6, 6.07) is -0.894. The Morgan fingerprint density at radius 2 is 1.81 bits per heavy atom. The van der Waals surface area contributed by atoms with Gasteiger partial charge in [-0.2, -0.15) is 0 Å². The first-order chi connectivity index (χ1) is 9.41. The van der Waals surface area contributed by atoms with Crippen LogP contribution in [0.3, 0.4) is 0 Å². The molecule has 1 amide bonds. The smallest absolute Gasteiger partial charge is 0.311 e. The quantitative estimate of drug-likeness (QED) is 0.574. The van der Waals surface area contributed by atoms with Crippen LogP contribution in [0.5, 0.6) is 0 Å². The van der Waals surface area contributed by atoms with Crippen LogP contribution in [0.15, 0.2) is 0 Å². The maximum Gasteiger partial charge on any atom is 0.311 e. The predicted molar refractivity (Wildman–Crippen MR) is 80.3 cm³/mol. The largest absolute Gasteiger partial charge is 0.481 e. The molecule has 124 valence electrons. The lowest BCUT2D eigenvalue weighted by Crippen LogP contribution is -2.50. The number of carboxylic acids is 1. The number of carbonyl (C=O) groups excluding carboxylic acids is 1. The molecular formula is C13H26N2O5S. The molecule has 0 aromatic rings. The Bertz CT molecular complexity index is 475. The fourth-order valence-electron chi connectivity index (χ4n) is 1.70. The van der Waals surface area contributed by atoms with E-state index in [1.807, 2.05) is 13.8 Å². The van der Waals surface area contributed by atoms with Crippen LogP contribution in [-0.2, 0) is 19.6 Å². The molecule has 0 saturated carbocycles. The van der Waals surface area contributed by atoms with Gasteiger partial charge in [0.2, 0.25) is 15.9 Å². The molecule has 0 fully saturated rings. The third-order valence-corrected chi connectivity index (χ3v) is 4.04. The number of aliphatic carboxylic acids is 1. The summed E-state index contributed by atoms with van der Waals surface area (Å²) in [4.78, 5) is 23.3. The van der Waals surface area contributed by atoms with Crippen molar-refractivity contribution in [3.63, 3.8) is 0 Å². The first kappa shape index (κ1) is 19.9. The highest BCUT2D eigenvalue weighted by molar-refractivity contribution is 7.88. The van der Waals surface area contributed by atoms with Gasteiger partial charge in [-0.25, -0.2) is 13.1 Å². The van der Waals surface area contributed by atoms with E-state index in [-0.39, 0.29) is 12.5 Å². The number of carboxylic acid groups (broad SMARTS) is 1. The second-order valence-corrected chi connectivity index (χ2v) is 7.79. The molecule has 0 aliphatic rings. The van der Waals surface area contributed by atoms with Crippen molar-refractivity contribution in [3.05, 3.63) is 0 Å². The van der Waals surface area contributed by atoms with E-state index in [9.17, 15) is 18.0 Å². The van der Waals surface area contributed by atoms with Crippen molar-refractivity contribution in [2.24, 2.45) is 11.3 Å². The third kappa shape index (κ3) is 7.42. The van der Waals surface area contributed by atoms with E-state index >= 15 is 0 Å². The monoisotopic (exact) mass is 322 g/mol. The summed E-state index contributed by atoms with van der Waals surface area (Å²) in [5, 5.41) is 11.7. The number of sulfonamides is 1. The molecule has 2 atom stereocenters. The van der Waals surface area contributed by atoms with Crippen molar-refractivity contribution in [2.75, 3.05) is 12.8 Å². The molecule has 2 unspecified atom stereocenters. The maximum atomic E-state index is 12.1. The van der Waals surface area contributed by atoms with Crippen molar-refractivity contribution in [1.82, 2.24) is 10.0 Å². The average Bonchev–Trinajstić information content (AvgIpc) is 2.32. The minimum absolute atomic E-state index is 0.0439. The molecule has 0 spiro atoms. The summed E-state index contributed by atoms with van der Waals surface area (Å²) in [5.41, 5.74) is -1.07. The zero-order chi connectivity index (χ0) is 16.8. The van der Waals surface area contributed by atoms with Crippen molar-refractivity contribution < 1.29 is 23.1 Å². The predicted octanol–water partition coefficient (Wildman–Crippen LogP) is 0.567. The van der Waals surface area contributed by atoms with Crippen molar-refractivity contribution in [1.29, 1.82) is 0 Å². The lowest BCUT2D eigenvalue weighted by molar-refractivity contribution is -0.148. The standard InChI is InChI=1S/C13H26N2O5S/c1-6-13(4,12(17)18)8-14-11(16)10(7-9(2)3)15-21(5,19)20/h9-10,15H,6-8H2,1-5H3,(H,14,16)(H,17,18). The summed E-state index contributed by atoms with van der Waals surface area (Å²) in [6.45, 7) is 6.96. The summed E-state index contributed by atoms with van der Waals surface area (Å²) in [7, 11) is -3.52. The molecule has 21 heavy (non-hydrogen) atoms. The SMILES string of the molecule is CCC(C)(CNC(=O)C(CC(C)C)NS(C)(=O)=O)C(=O)O. The highest BCUT2D eigenvalue weighted by Crippen LogP contribution is 2.20. The Hall–Kier alpha value is -1.15. The van der Waals surface area contributed by atoms with Gasteiger partial charge in [0.05, 0.1) is 11.7 Å². The number of carbonyl (C=O) groups is 2. The van der Waals surface area contributed by atoms with Gasteiger partial charge in [0.1, 0.15) is 6.04 Å². The van der Waals surface area contributed by atoms with Crippen molar-refractivity contribution >= 4 is 21.9 Å². The van der Waals surface area contributed by atoms with Gasteiger partial charge in [0.15, 0.2) is 0 Å². The number of rotatable bonds is 9. The molecule has 7 nitrogen and oxygen atoms in total. The molecule has 0 aromatic heterocycles. The van der Waals surface area contributed by atoms with Crippen LogP contribution in [0.4, 0.5) is 0 Å². The number of hydrogen-bond donors (Lipinski definition) is 3. The zero-order valence-corrected chi connectivity index (χ0v) is 14.1. The fraction of sp³-hybridized carbons (Fsp3) is 0.846. The van der Waals surface area contributed by atoms with E-state index in [4.69, 9.17) is 5.11 Å². The summed E-state index contributed by atoms with van der Waals surface area (Å²) in [5.74, 6) is -1.39. The molecule has 0 aromatic carbocycles. The summed E-state index contributed by atoms with van der Waals surface area (Å²) >= 11 is 0. The second-order valence-electron chi connectivity index (χ2n) is 6.01. The Kier molecular flexibility index (Phi) is 7.32. The molecule has 0 heterocycles. The van der Waals surface area contributed by atoms with E-state index < -0.39 is 33.4 Å². The van der Waals surface area contributed by atoms with E-state index in [0.29, 0.717) is 12.8 Å². The molecular weight excluding hydrogens is 296 g/mol. The van der Waals surface area contributed by atoms with Crippen LogP contribution < -0.4 is 10.0 Å². The third-order valence-electron chi connectivity index (χ3n) is 3.33. The van der Waals surface area contributed by atoms with Crippen molar-refractivity contribution in [2.45, 2.75) is 46.6 Å². The molecule has 0 saturated heterocycles. The first-order valence-corrected chi connectivity index (χ1v) is 8.79. The zero-order valence-electron chi connectivity index (χ0n) is 13.3. The highest BCUT2D eigenvalue weighted by atomic mass is 32.2. The molecule has 0 bridgehead atoms. The minimum Gasteiger partial charge on any atom is -0.481 e. The van der Waals surface area contributed by atoms with Crippen molar-refractivity contribution in [3.8, 4) is 0 Å². The molecule has 0 aliphatic heterocycles. The average molecular weight is 322 g/mol. The van der Waals surface area contributed by atoms with Gasteiger partial charge in [-0.05, 0) is 25.7 Å². The topological polar surface area (TPSA) is 113 Å². The van der Waals surface area contributed by atoms with Gasteiger partial charge in [-0.1, -0.05) is 20.8 Å². The van der Waals surface area contributed by atoms with E-state index in [1.165, 1.54) is 6.92 Å². The van der Waals surface area contributed by atoms with Crippen LogP contribution in [0.25, 0.3) is 0 Å². The Labute approximate surface area is 126 Å². The van der Waals surface area contributed by atoms with E-state index in [1.54, 1.807) is 6.92 Å². The van der Waals surface area contributed by atoms with E-state index in [2.05, 4.69) is 10.0 Å². The van der Waals surface area contributed by atoms with Gasteiger partial charge in [-0.3, -0.25) is 9.59 Å². The number of hydrogen-bond acceptors (Lipinski definition) is 4. The van der Waals surface area contributed by atoms with Gasteiger partial charge in [-0.15, -0.1) is 0 Å². The molecule has 0 radical (unpaired) electrons. The van der Waals surface area contributed by atoms with Gasteiger partial charge < -0.3 is 10.4 Å². The number of amides is 1. The maximum absolute atomic E-state index is 12.1. The molecule has 8 heteroatoms. The van der Waals surface area contributed by atoms with Gasteiger partial charge in [0.25, 0.3) is 0 Å². The Morgan fingerprint density at radius 1 is 1.29 bits per heavy atom. The van der Waals surface area contributed by atoms with Crippen LogP contribution in [0.2, 0.25) is 0 Å². The van der Waals surface area contributed by atoms with Gasteiger partial charge in [0, 0.05) is 6.54 Å². The lowest BCUT2D eigenvalue weighted by atomic mass is 9.87. The molecule has 0 rings (SSSR count). The lowest BCUT2D eigenvalue weighted by Gasteiger charge is -2.25.